The van der Waals surface area contributed by atoms with Gasteiger partial charge in [0.1, 0.15) is 0 Å². The van der Waals surface area contributed by atoms with Gasteiger partial charge >= 0.3 is 0 Å². The van der Waals surface area contributed by atoms with Gasteiger partial charge in [0.05, 0.1) is 11.6 Å². The Balaban J connectivity index is 2.93. The van der Waals surface area contributed by atoms with Gasteiger partial charge in [-0.25, -0.2) is 0 Å². The summed E-state index contributed by atoms with van der Waals surface area (Å²) in [4.78, 5) is 24.2. The number of rotatable bonds is 4. The molecular weight excluding hydrogens is 354 g/mol. The van der Waals surface area contributed by atoms with Gasteiger partial charge in [0.2, 0.25) is 5.91 Å². The monoisotopic (exact) mass is 366 g/mol. The van der Waals surface area contributed by atoms with Crippen LogP contribution in [0.25, 0.3) is 0 Å². The van der Waals surface area contributed by atoms with Crippen LogP contribution in [-0.4, -0.2) is 29.8 Å². The van der Waals surface area contributed by atoms with Crippen LogP contribution in [0, 0.1) is 3.57 Å². The molecule has 0 aliphatic carbocycles. The fraction of sp³-hybridized carbons (Fsp3) is 0.273. The molecule has 0 spiro atoms. The Morgan fingerprint density at radius 3 is 2.59 bits per heavy atom. The van der Waals surface area contributed by atoms with E-state index in [4.69, 9.17) is 17.3 Å². The maximum absolute atomic E-state index is 12.0. The van der Waals surface area contributed by atoms with Crippen molar-refractivity contribution in [1.29, 1.82) is 0 Å². The zero-order valence-electron chi connectivity index (χ0n) is 9.24. The van der Waals surface area contributed by atoms with E-state index in [1.165, 1.54) is 4.90 Å². The molecule has 0 heterocycles. The lowest BCUT2D eigenvalue weighted by molar-refractivity contribution is -0.118. The minimum atomic E-state index is -0.531. The van der Waals surface area contributed by atoms with Crippen LogP contribution in [0.3, 0.4) is 0 Å². The third-order valence-electron chi connectivity index (χ3n) is 2.18. The van der Waals surface area contributed by atoms with Crippen LogP contribution in [-0.2, 0) is 4.79 Å². The Labute approximate surface area is 118 Å². The Kier molecular flexibility index (Phi) is 5.20. The number of halogens is 2. The van der Waals surface area contributed by atoms with E-state index in [1.54, 1.807) is 25.1 Å². The van der Waals surface area contributed by atoms with Crippen molar-refractivity contribution >= 4 is 46.0 Å². The Morgan fingerprint density at radius 2 is 2.12 bits per heavy atom. The molecule has 17 heavy (non-hydrogen) atoms. The predicted molar refractivity (Wildman–Crippen MR) is 74.9 cm³/mol. The molecule has 0 radical (unpaired) electrons. The third-order valence-corrected chi connectivity index (χ3v) is 3.75. The Hall–Kier alpha value is -0.820. The number of hydrogen-bond acceptors (Lipinski definition) is 2. The van der Waals surface area contributed by atoms with Crippen molar-refractivity contribution in [3.05, 3.63) is 32.4 Å². The van der Waals surface area contributed by atoms with Gasteiger partial charge in [-0.05, 0) is 47.7 Å². The van der Waals surface area contributed by atoms with E-state index in [-0.39, 0.29) is 12.5 Å². The number of nitrogens with two attached hydrogens (primary N) is 1. The number of amides is 2. The van der Waals surface area contributed by atoms with Crippen molar-refractivity contribution in [2.75, 3.05) is 13.1 Å². The van der Waals surface area contributed by atoms with Gasteiger partial charge in [0.25, 0.3) is 5.91 Å². The average molecular weight is 367 g/mol. The highest BCUT2D eigenvalue weighted by atomic mass is 127. The molecule has 1 aromatic carbocycles. The molecule has 4 nitrogen and oxygen atoms in total. The molecule has 0 bridgehead atoms. The van der Waals surface area contributed by atoms with Crippen molar-refractivity contribution in [3.8, 4) is 0 Å². The van der Waals surface area contributed by atoms with Gasteiger partial charge in [0, 0.05) is 15.7 Å². The number of benzene rings is 1. The molecule has 0 fully saturated rings. The van der Waals surface area contributed by atoms with Gasteiger partial charge < -0.3 is 10.6 Å². The molecular formula is C11H12ClIN2O2. The van der Waals surface area contributed by atoms with E-state index in [9.17, 15) is 9.59 Å². The Morgan fingerprint density at radius 1 is 1.47 bits per heavy atom. The molecule has 6 heteroatoms. The van der Waals surface area contributed by atoms with E-state index in [0.29, 0.717) is 17.1 Å². The summed E-state index contributed by atoms with van der Waals surface area (Å²) in [5.41, 5.74) is 5.54. The summed E-state index contributed by atoms with van der Waals surface area (Å²) in [5.74, 6) is -0.776. The van der Waals surface area contributed by atoms with Crippen LogP contribution < -0.4 is 5.73 Å². The van der Waals surface area contributed by atoms with Gasteiger partial charge in [-0.3, -0.25) is 9.59 Å². The molecule has 2 amide bonds. The summed E-state index contributed by atoms with van der Waals surface area (Å²) >= 11 is 8.02. The second-order valence-electron chi connectivity index (χ2n) is 3.41. The van der Waals surface area contributed by atoms with E-state index in [1.807, 2.05) is 0 Å². The smallest absolute Gasteiger partial charge is 0.254 e. The van der Waals surface area contributed by atoms with Crippen molar-refractivity contribution in [3.63, 3.8) is 0 Å². The predicted octanol–water partition coefficient (Wildman–Crippen LogP) is 1.89. The number of likely N-dealkylation sites (N-methyl/N-ethyl adjacent to an activating group) is 1. The highest BCUT2D eigenvalue weighted by Crippen LogP contribution is 2.20. The first-order chi connectivity index (χ1) is 7.95. The molecule has 0 atom stereocenters. The number of carbonyl (C=O) groups excluding carboxylic acids is 2. The second kappa shape index (κ2) is 6.20. The fourth-order valence-electron chi connectivity index (χ4n) is 1.33. The summed E-state index contributed by atoms with van der Waals surface area (Å²) in [6, 6.07) is 5.03. The van der Waals surface area contributed by atoms with Crippen LogP contribution in [0.15, 0.2) is 18.2 Å². The van der Waals surface area contributed by atoms with Gasteiger partial charge in [0.15, 0.2) is 0 Å². The van der Waals surface area contributed by atoms with Crippen LogP contribution in [0.5, 0.6) is 0 Å². The number of nitrogens with zero attached hydrogens (tertiary/aromatic N) is 1. The highest BCUT2D eigenvalue weighted by Gasteiger charge is 2.16. The fourth-order valence-corrected chi connectivity index (χ4v) is 1.84. The normalized spacial score (nSPS) is 10.1. The zero-order chi connectivity index (χ0) is 13.0. The van der Waals surface area contributed by atoms with E-state index in [0.717, 1.165) is 3.57 Å². The molecule has 0 unspecified atom stereocenters. The standard InChI is InChI=1S/C11H12ClIN2O2/c1-2-15(6-10(14)16)11(17)7-3-4-9(13)8(12)5-7/h3-5H,2,6H2,1H3,(H2,14,16). The first kappa shape index (κ1) is 14.2. The number of hydrogen-bond donors (Lipinski definition) is 1. The lowest BCUT2D eigenvalue weighted by atomic mass is 10.2. The quantitative estimate of drug-likeness (QED) is 0.827. The summed E-state index contributed by atoms with van der Waals surface area (Å²) in [6.07, 6.45) is 0. The maximum Gasteiger partial charge on any atom is 0.254 e. The first-order valence-corrected chi connectivity index (χ1v) is 6.44. The highest BCUT2D eigenvalue weighted by molar-refractivity contribution is 14.1. The van der Waals surface area contributed by atoms with Crippen molar-refractivity contribution in [2.24, 2.45) is 5.73 Å². The lowest BCUT2D eigenvalue weighted by Gasteiger charge is -2.19. The molecule has 0 saturated carbocycles. The third kappa shape index (κ3) is 3.85. The topological polar surface area (TPSA) is 63.4 Å². The van der Waals surface area contributed by atoms with Gasteiger partial charge in [-0.15, -0.1) is 0 Å². The van der Waals surface area contributed by atoms with E-state index in [2.05, 4.69) is 22.6 Å². The van der Waals surface area contributed by atoms with E-state index >= 15 is 0 Å². The van der Waals surface area contributed by atoms with Crippen molar-refractivity contribution in [2.45, 2.75) is 6.92 Å². The molecule has 92 valence electrons. The summed E-state index contributed by atoms with van der Waals surface area (Å²) < 4.78 is 0.874. The van der Waals surface area contributed by atoms with Crippen LogP contribution in [0.1, 0.15) is 17.3 Å². The van der Waals surface area contributed by atoms with Gasteiger partial charge in [-0.1, -0.05) is 11.6 Å². The molecule has 2 N–H and O–H groups in total. The van der Waals surface area contributed by atoms with Crippen LogP contribution >= 0.6 is 34.2 Å². The van der Waals surface area contributed by atoms with Crippen molar-refractivity contribution in [1.82, 2.24) is 4.90 Å². The van der Waals surface area contributed by atoms with Crippen LogP contribution in [0.4, 0.5) is 0 Å². The summed E-state index contributed by atoms with van der Waals surface area (Å²) in [5, 5.41) is 0.520. The molecule has 0 aromatic heterocycles. The van der Waals surface area contributed by atoms with Gasteiger partial charge in [-0.2, -0.15) is 0 Å². The molecule has 1 aromatic rings. The minimum Gasteiger partial charge on any atom is -0.368 e. The molecule has 1 rings (SSSR count). The Bertz CT molecular complexity index is 451. The first-order valence-electron chi connectivity index (χ1n) is 4.98. The van der Waals surface area contributed by atoms with Crippen LogP contribution in [0.2, 0.25) is 5.02 Å². The van der Waals surface area contributed by atoms with Crippen molar-refractivity contribution < 1.29 is 9.59 Å². The SMILES string of the molecule is CCN(CC(N)=O)C(=O)c1ccc(I)c(Cl)c1. The number of carbonyl (C=O) groups is 2. The molecule has 0 aliphatic rings. The van der Waals surface area contributed by atoms with E-state index < -0.39 is 5.91 Å². The summed E-state index contributed by atoms with van der Waals surface area (Å²) in [6.45, 7) is 2.12. The largest absolute Gasteiger partial charge is 0.368 e. The average Bonchev–Trinajstić information content (AvgIpc) is 2.28. The second-order valence-corrected chi connectivity index (χ2v) is 4.98. The zero-order valence-corrected chi connectivity index (χ0v) is 12.2. The minimum absolute atomic E-state index is 0.0844. The lowest BCUT2D eigenvalue weighted by Crippen LogP contribution is -2.38. The maximum atomic E-state index is 12.0. The molecule has 0 saturated heterocycles. The number of primary amides is 1. The molecule has 0 aliphatic heterocycles. The summed E-state index contributed by atoms with van der Waals surface area (Å²) in [7, 11) is 0.